The predicted octanol–water partition coefficient (Wildman–Crippen LogP) is 5.57. The number of aliphatic hydroxyl groups excluding tert-OH is 1. The maximum atomic E-state index is 13.7. The van der Waals surface area contributed by atoms with E-state index >= 15 is 0 Å². The zero-order chi connectivity index (χ0) is 35.7. The number of anilines is 3. The Balaban J connectivity index is 0.000000698. The number of nitrogens with two attached hydrogens (primary N) is 1. The van der Waals surface area contributed by atoms with E-state index in [9.17, 15) is 27.9 Å². The standard InChI is InChI=1S/C31H33ClN6O4.C2HF3O2/c1-2-42-27-16-21(6-9-26(27)32)28(36-23-7-8-25-20(15-23)10-12-34-29(25)33)30(40)35-17-19-4-3-5-22(14-19)37-31(41)38-13-11-24(39)18-38;3-2(4,5)1(6)7/h3-10,12,14-16,24,28,36,39H,2,11,13,17-18H2,1H3,(H2,33,34)(H,35,40)(H,37,41);(H,6,7)/t24-,28?;/m0./s1. The number of urea groups is 1. The van der Waals surface area contributed by atoms with Crippen LogP contribution >= 0.6 is 11.6 Å². The van der Waals surface area contributed by atoms with Gasteiger partial charge in [0.15, 0.2) is 0 Å². The SMILES string of the molecule is CCOc1cc(C(Nc2ccc3c(N)nccc3c2)C(=O)NCc2cccc(NC(=O)N3CC[C@H](O)C3)c2)ccc1Cl.O=C(O)C(F)(F)F. The van der Waals surface area contributed by atoms with Crippen molar-refractivity contribution in [2.75, 3.05) is 36.1 Å². The number of alkyl halides is 3. The summed E-state index contributed by atoms with van der Waals surface area (Å²) in [6.07, 6.45) is -3.36. The highest BCUT2D eigenvalue weighted by Gasteiger charge is 2.38. The molecule has 1 fully saturated rings. The molecule has 5 rings (SSSR count). The first-order valence-corrected chi connectivity index (χ1v) is 15.4. The number of amides is 3. The van der Waals surface area contributed by atoms with Gasteiger partial charge >= 0.3 is 18.2 Å². The van der Waals surface area contributed by atoms with Gasteiger partial charge in [0.2, 0.25) is 5.91 Å². The van der Waals surface area contributed by atoms with E-state index in [2.05, 4.69) is 20.9 Å². The highest BCUT2D eigenvalue weighted by molar-refractivity contribution is 6.32. The molecule has 3 amide bonds. The molecule has 1 unspecified atom stereocenters. The van der Waals surface area contributed by atoms with Crippen molar-refractivity contribution in [1.29, 1.82) is 0 Å². The number of halogens is 4. The predicted molar refractivity (Wildman–Crippen MR) is 178 cm³/mol. The van der Waals surface area contributed by atoms with Gasteiger partial charge in [0.1, 0.15) is 17.6 Å². The third-order valence-corrected chi connectivity index (χ3v) is 7.61. The first-order chi connectivity index (χ1) is 23.2. The van der Waals surface area contributed by atoms with Crippen LogP contribution in [0.15, 0.2) is 72.9 Å². The number of nitrogens with zero attached hydrogens (tertiary/aromatic N) is 2. The van der Waals surface area contributed by atoms with E-state index in [4.69, 9.17) is 32.0 Å². The number of benzene rings is 3. The Morgan fingerprint density at radius 1 is 1.10 bits per heavy atom. The third kappa shape index (κ3) is 10.1. The normalized spacial score (nSPS) is 14.7. The molecular formula is C33H34ClF3N6O6. The number of pyridine rings is 1. The molecule has 0 spiro atoms. The zero-order valence-corrected chi connectivity index (χ0v) is 26.9. The summed E-state index contributed by atoms with van der Waals surface area (Å²) in [6, 6.07) is 19.0. The molecule has 2 atom stereocenters. The van der Waals surface area contributed by atoms with Crippen molar-refractivity contribution in [1.82, 2.24) is 15.2 Å². The number of ether oxygens (including phenoxy) is 1. The molecule has 2 heterocycles. The van der Waals surface area contributed by atoms with Crippen molar-refractivity contribution in [3.8, 4) is 5.75 Å². The molecule has 0 aliphatic carbocycles. The van der Waals surface area contributed by atoms with Gasteiger partial charge in [-0.2, -0.15) is 13.2 Å². The van der Waals surface area contributed by atoms with Crippen molar-refractivity contribution in [2.24, 2.45) is 0 Å². The molecule has 260 valence electrons. The van der Waals surface area contributed by atoms with E-state index in [-0.39, 0.29) is 18.5 Å². The number of β-amino-alcohol motifs (C(OH)–C–C–N with tert-alkyl or cyclic N) is 1. The Bertz CT molecular complexity index is 1810. The summed E-state index contributed by atoms with van der Waals surface area (Å²) in [4.78, 5) is 40.8. The molecule has 4 aromatic rings. The number of aliphatic hydroxyl groups is 1. The molecule has 49 heavy (non-hydrogen) atoms. The number of nitrogens with one attached hydrogen (secondary N) is 3. The molecule has 1 aliphatic heterocycles. The number of carbonyl (C=O) groups is 3. The fourth-order valence-corrected chi connectivity index (χ4v) is 5.07. The van der Waals surface area contributed by atoms with Crippen LogP contribution in [-0.4, -0.2) is 70.0 Å². The second-order valence-corrected chi connectivity index (χ2v) is 11.3. The summed E-state index contributed by atoms with van der Waals surface area (Å²) in [5, 5.41) is 28.2. The number of carboxylic acid groups (broad SMARTS) is 1. The first-order valence-electron chi connectivity index (χ1n) is 15.0. The highest BCUT2D eigenvalue weighted by atomic mass is 35.5. The Hall–Kier alpha value is -5.28. The van der Waals surface area contributed by atoms with Crippen molar-refractivity contribution in [2.45, 2.75) is 38.2 Å². The van der Waals surface area contributed by atoms with Gasteiger partial charge in [-0.3, -0.25) is 4.79 Å². The topological polar surface area (TPSA) is 179 Å². The molecule has 0 radical (unpaired) electrons. The molecular weight excluding hydrogens is 669 g/mol. The van der Waals surface area contributed by atoms with Gasteiger partial charge in [-0.15, -0.1) is 0 Å². The van der Waals surface area contributed by atoms with Crippen LogP contribution in [0.2, 0.25) is 5.02 Å². The van der Waals surface area contributed by atoms with Crippen molar-refractivity contribution in [3.05, 3.63) is 89.1 Å². The average molecular weight is 703 g/mol. The number of aromatic nitrogens is 1. The minimum absolute atomic E-state index is 0.231. The summed E-state index contributed by atoms with van der Waals surface area (Å²) in [6.45, 7) is 3.35. The largest absolute Gasteiger partial charge is 0.492 e. The maximum absolute atomic E-state index is 13.7. The van der Waals surface area contributed by atoms with Crippen LogP contribution in [0.4, 0.5) is 35.2 Å². The number of aliphatic carboxylic acids is 1. The van der Waals surface area contributed by atoms with Crippen LogP contribution in [0.25, 0.3) is 10.8 Å². The minimum Gasteiger partial charge on any atom is -0.492 e. The van der Waals surface area contributed by atoms with E-state index in [0.29, 0.717) is 54.0 Å². The molecule has 0 saturated carbocycles. The lowest BCUT2D eigenvalue weighted by Gasteiger charge is -2.22. The van der Waals surface area contributed by atoms with Gasteiger partial charge in [0.25, 0.3) is 0 Å². The lowest BCUT2D eigenvalue weighted by molar-refractivity contribution is -0.192. The van der Waals surface area contributed by atoms with Gasteiger partial charge in [-0.1, -0.05) is 29.8 Å². The summed E-state index contributed by atoms with van der Waals surface area (Å²) >= 11 is 6.33. The average Bonchev–Trinajstić information content (AvgIpc) is 3.50. The fraction of sp³-hybridized carbons (Fsp3) is 0.273. The van der Waals surface area contributed by atoms with Crippen molar-refractivity contribution >= 4 is 57.5 Å². The lowest BCUT2D eigenvalue weighted by Crippen LogP contribution is -2.34. The molecule has 16 heteroatoms. The van der Waals surface area contributed by atoms with Gasteiger partial charge in [-0.25, -0.2) is 14.6 Å². The number of likely N-dealkylation sites (tertiary alicyclic amines) is 1. The lowest BCUT2D eigenvalue weighted by atomic mass is 10.0. The first kappa shape index (κ1) is 36.6. The molecule has 1 aliphatic rings. The summed E-state index contributed by atoms with van der Waals surface area (Å²) < 4.78 is 37.4. The number of carbonyl (C=O) groups excluding carboxylic acids is 2. The van der Waals surface area contributed by atoms with Crippen LogP contribution in [0.3, 0.4) is 0 Å². The van der Waals surface area contributed by atoms with Crippen LogP contribution in [-0.2, 0) is 16.1 Å². The van der Waals surface area contributed by atoms with Crippen LogP contribution in [0, 0.1) is 0 Å². The van der Waals surface area contributed by atoms with E-state index in [1.807, 2.05) is 49.4 Å². The molecule has 7 N–H and O–H groups in total. The second kappa shape index (κ2) is 16.2. The Labute approximate surface area is 284 Å². The number of fused-ring (bicyclic) bond motifs is 1. The van der Waals surface area contributed by atoms with Crippen LogP contribution in [0.1, 0.15) is 30.5 Å². The monoisotopic (exact) mass is 702 g/mol. The van der Waals surface area contributed by atoms with Crippen molar-refractivity contribution < 1.29 is 42.5 Å². The Morgan fingerprint density at radius 2 is 1.86 bits per heavy atom. The van der Waals surface area contributed by atoms with E-state index in [0.717, 1.165) is 22.0 Å². The molecule has 0 bridgehead atoms. The molecule has 1 aromatic heterocycles. The smallest absolute Gasteiger partial charge is 0.490 e. The number of rotatable bonds is 9. The molecule has 1 saturated heterocycles. The third-order valence-electron chi connectivity index (χ3n) is 7.29. The summed E-state index contributed by atoms with van der Waals surface area (Å²) in [7, 11) is 0. The number of nitrogen functional groups attached to an aromatic ring is 1. The van der Waals surface area contributed by atoms with Crippen molar-refractivity contribution in [3.63, 3.8) is 0 Å². The number of hydrogen-bond acceptors (Lipinski definition) is 8. The fourth-order valence-electron chi connectivity index (χ4n) is 4.90. The van der Waals surface area contributed by atoms with Gasteiger partial charge in [0, 0.05) is 42.6 Å². The number of carboxylic acids is 1. The quantitative estimate of drug-likeness (QED) is 0.130. The maximum Gasteiger partial charge on any atom is 0.490 e. The summed E-state index contributed by atoms with van der Waals surface area (Å²) in [5.74, 6) is -2.10. The summed E-state index contributed by atoms with van der Waals surface area (Å²) in [5.41, 5.74) is 8.82. The van der Waals surface area contributed by atoms with Gasteiger partial charge < -0.3 is 41.5 Å². The van der Waals surface area contributed by atoms with Gasteiger partial charge in [0.05, 0.1) is 17.7 Å². The molecule has 12 nitrogen and oxygen atoms in total. The molecule has 3 aromatic carbocycles. The Kier molecular flexibility index (Phi) is 12.1. The van der Waals surface area contributed by atoms with E-state index in [1.54, 1.807) is 35.4 Å². The second-order valence-electron chi connectivity index (χ2n) is 10.9. The van der Waals surface area contributed by atoms with Crippen LogP contribution < -0.4 is 26.4 Å². The van der Waals surface area contributed by atoms with Gasteiger partial charge in [-0.05, 0) is 78.4 Å². The number of hydrogen-bond donors (Lipinski definition) is 6. The van der Waals surface area contributed by atoms with Crippen LogP contribution in [0.5, 0.6) is 5.75 Å². The van der Waals surface area contributed by atoms with E-state index < -0.39 is 24.3 Å². The minimum atomic E-state index is -5.08. The zero-order valence-electron chi connectivity index (χ0n) is 26.1. The Morgan fingerprint density at radius 3 is 2.53 bits per heavy atom. The van der Waals surface area contributed by atoms with E-state index in [1.165, 1.54) is 0 Å². The highest BCUT2D eigenvalue weighted by Crippen LogP contribution is 2.31.